The molecule has 1 amide bonds. The van der Waals surface area contributed by atoms with Gasteiger partial charge >= 0.3 is 12.1 Å². The summed E-state index contributed by atoms with van der Waals surface area (Å²) >= 11 is 0. The number of nitrogens with one attached hydrogen (secondary N) is 1. The molecule has 5 rings (SSSR count). The van der Waals surface area contributed by atoms with Gasteiger partial charge in [0.15, 0.2) is 17.3 Å². The molecule has 1 aliphatic heterocycles. The molecule has 3 saturated carbocycles. The Morgan fingerprint density at radius 2 is 1.73 bits per heavy atom. The minimum absolute atomic E-state index is 0.0201. The molecule has 3 aliphatic carbocycles. The lowest BCUT2D eigenvalue weighted by Gasteiger charge is -2.69. The highest BCUT2D eigenvalue weighted by Crippen LogP contribution is 2.68. The Hall–Kier alpha value is -2.85. The van der Waals surface area contributed by atoms with Crippen molar-refractivity contribution in [1.29, 1.82) is 0 Å². The Bertz CT molecular complexity index is 846. The minimum atomic E-state index is -5.00. The van der Waals surface area contributed by atoms with Crippen molar-refractivity contribution in [2.24, 2.45) is 5.41 Å². The van der Waals surface area contributed by atoms with Crippen LogP contribution in [0.15, 0.2) is 12.1 Å². The predicted octanol–water partition coefficient (Wildman–Crippen LogP) is 2.11. The van der Waals surface area contributed by atoms with Gasteiger partial charge in [-0.3, -0.25) is 19.7 Å². The van der Waals surface area contributed by atoms with Gasteiger partial charge in [0, 0.05) is 17.0 Å². The molecule has 8 nitrogen and oxygen atoms in total. The SMILES string of the molecule is O=C(NC12CC(C(=O)c3cc4c(cc3[N+](=O)[O-])OCO4)(C1)C2)C(F)(F)F. The predicted molar refractivity (Wildman–Crippen MR) is 76.8 cm³/mol. The zero-order valence-electron chi connectivity index (χ0n) is 13.0. The third-order valence-electron chi connectivity index (χ3n) is 5.08. The third kappa shape index (κ3) is 2.22. The standard InChI is InChI=1S/C15H11F3N2O6/c16-15(17,18)12(22)19-14-3-13(4-14,5-14)11(21)7-1-9-10(26-6-25-9)2-8(7)20(23)24/h1-2H,3-6H2,(H,19,22). The number of benzene rings is 1. The van der Waals surface area contributed by atoms with Crippen LogP contribution in [0, 0.1) is 15.5 Å². The number of ketones is 1. The van der Waals surface area contributed by atoms with Crippen LogP contribution in [0.25, 0.3) is 0 Å². The molecular weight excluding hydrogens is 361 g/mol. The van der Waals surface area contributed by atoms with Crippen molar-refractivity contribution in [3.05, 3.63) is 27.8 Å². The van der Waals surface area contributed by atoms with Gasteiger partial charge in [0.2, 0.25) is 6.79 Å². The van der Waals surface area contributed by atoms with E-state index in [-0.39, 0.29) is 43.1 Å². The van der Waals surface area contributed by atoms with E-state index < -0.39 is 39.4 Å². The van der Waals surface area contributed by atoms with Crippen LogP contribution in [0.4, 0.5) is 18.9 Å². The van der Waals surface area contributed by atoms with E-state index in [1.165, 1.54) is 6.07 Å². The molecule has 1 aromatic carbocycles. The monoisotopic (exact) mass is 372 g/mol. The highest BCUT2D eigenvalue weighted by molar-refractivity contribution is 6.07. The Kier molecular flexibility index (Phi) is 3.10. The Labute approximate surface area is 143 Å². The second-order valence-electron chi connectivity index (χ2n) is 6.85. The molecule has 1 N–H and O–H groups in total. The van der Waals surface area contributed by atoms with Crippen molar-refractivity contribution in [1.82, 2.24) is 5.32 Å². The Morgan fingerprint density at radius 3 is 2.27 bits per heavy atom. The lowest BCUT2D eigenvalue weighted by Crippen LogP contribution is -2.77. The summed E-state index contributed by atoms with van der Waals surface area (Å²) in [5.74, 6) is -2.23. The number of hydrogen-bond acceptors (Lipinski definition) is 6. The number of nitro benzene ring substituents is 1. The van der Waals surface area contributed by atoms with E-state index in [1.54, 1.807) is 0 Å². The molecule has 11 heteroatoms. The first kappa shape index (κ1) is 16.6. The maximum Gasteiger partial charge on any atom is 0.471 e. The zero-order valence-corrected chi connectivity index (χ0v) is 13.0. The lowest BCUT2D eigenvalue weighted by atomic mass is 9.37. The van der Waals surface area contributed by atoms with Gasteiger partial charge in [-0.05, 0) is 19.3 Å². The van der Waals surface area contributed by atoms with Gasteiger partial charge in [0.1, 0.15) is 0 Å². The number of alkyl halides is 3. The van der Waals surface area contributed by atoms with Gasteiger partial charge in [0.05, 0.1) is 16.6 Å². The third-order valence-corrected chi connectivity index (χ3v) is 5.08. The van der Waals surface area contributed by atoms with Crippen LogP contribution in [0.5, 0.6) is 11.5 Å². The van der Waals surface area contributed by atoms with Crippen LogP contribution in [-0.4, -0.2) is 35.1 Å². The topological polar surface area (TPSA) is 108 Å². The smallest absolute Gasteiger partial charge is 0.454 e. The number of amides is 1. The van der Waals surface area contributed by atoms with Gasteiger partial charge in [0.25, 0.3) is 5.69 Å². The largest absolute Gasteiger partial charge is 0.471 e. The summed E-state index contributed by atoms with van der Waals surface area (Å²) in [5, 5.41) is 13.2. The molecule has 0 atom stereocenters. The molecule has 0 spiro atoms. The van der Waals surface area contributed by atoms with Gasteiger partial charge in [-0.2, -0.15) is 13.2 Å². The molecule has 4 aliphatic rings. The fourth-order valence-electron chi connectivity index (χ4n) is 4.02. The molecular formula is C15H11F3N2O6. The van der Waals surface area contributed by atoms with E-state index in [4.69, 9.17) is 9.47 Å². The van der Waals surface area contributed by atoms with Crippen molar-refractivity contribution < 1.29 is 37.2 Å². The van der Waals surface area contributed by atoms with Gasteiger partial charge in [-0.15, -0.1) is 0 Å². The Balaban J connectivity index is 1.55. The molecule has 0 aromatic heterocycles. The van der Waals surface area contributed by atoms with Crippen molar-refractivity contribution in [3.8, 4) is 11.5 Å². The fourth-order valence-corrected chi connectivity index (χ4v) is 4.02. The van der Waals surface area contributed by atoms with Crippen LogP contribution in [-0.2, 0) is 4.79 Å². The lowest BCUT2D eigenvalue weighted by molar-refractivity contribution is -0.385. The van der Waals surface area contributed by atoms with E-state index >= 15 is 0 Å². The average molecular weight is 372 g/mol. The summed E-state index contributed by atoms with van der Waals surface area (Å²) in [6.45, 7) is -0.123. The number of hydrogen-bond donors (Lipinski definition) is 1. The first-order valence-electron chi connectivity index (χ1n) is 7.58. The van der Waals surface area contributed by atoms with Crippen molar-refractivity contribution >= 4 is 17.4 Å². The molecule has 1 aromatic rings. The minimum Gasteiger partial charge on any atom is -0.454 e. The van der Waals surface area contributed by atoms with Crippen LogP contribution in [0.2, 0.25) is 0 Å². The van der Waals surface area contributed by atoms with Crippen molar-refractivity contribution in [2.45, 2.75) is 31.0 Å². The second kappa shape index (κ2) is 4.86. The Morgan fingerprint density at radius 1 is 1.15 bits per heavy atom. The number of carbonyl (C=O) groups is 2. The summed E-state index contributed by atoms with van der Waals surface area (Å²) in [6, 6.07) is 2.33. The molecule has 2 bridgehead atoms. The van der Waals surface area contributed by atoms with Crippen LogP contribution >= 0.6 is 0 Å². The highest BCUT2D eigenvalue weighted by Gasteiger charge is 2.73. The fraction of sp³-hybridized carbons (Fsp3) is 0.467. The van der Waals surface area contributed by atoms with E-state index in [1.807, 2.05) is 5.32 Å². The summed E-state index contributed by atoms with van der Waals surface area (Å²) in [6.07, 6.45) is -4.94. The molecule has 26 heavy (non-hydrogen) atoms. The summed E-state index contributed by atoms with van der Waals surface area (Å²) in [7, 11) is 0. The number of halogens is 3. The first-order valence-corrected chi connectivity index (χ1v) is 7.58. The van der Waals surface area contributed by atoms with Crippen LogP contribution < -0.4 is 14.8 Å². The zero-order chi connectivity index (χ0) is 18.9. The maximum absolute atomic E-state index is 12.8. The molecule has 0 saturated heterocycles. The summed E-state index contributed by atoms with van der Waals surface area (Å²) in [4.78, 5) is 34.4. The first-order chi connectivity index (χ1) is 12.1. The summed E-state index contributed by atoms with van der Waals surface area (Å²) < 4.78 is 47.3. The number of rotatable bonds is 4. The molecule has 1 heterocycles. The quantitative estimate of drug-likeness (QED) is 0.493. The second-order valence-corrected chi connectivity index (χ2v) is 6.85. The number of nitro groups is 1. The molecule has 138 valence electrons. The number of Topliss-reactive ketones (excluding diaryl/α,β-unsaturated/α-hetero) is 1. The van der Waals surface area contributed by atoms with E-state index in [2.05, 4.69) is 0 Å². The van der Waals surface area contributed by atoms with E-state index in [0.717, 1.165) is 6.07 Å². The van der Waals surface area contributed by atoms with Gasteiger partial charge < -0.3 is 14.8 Å². The molecule has 3 fully saturated rings. The van der Waals surface area contributed by atoms with Crippen molar-refractivity contribution in [2.75, 3.05) is 6.79 Å². The number of fused-ring (bicyclic) bond motifs is 1. The maximum atomic E-state index is 12.8. The van der Waals surface area contributed by atoms with Gasteiger partial charge in [-0.25, -0.2) is 0 Å². The van der Waals surface area contributed by atoms with Crippen molar-refractivity contribution in [3.63, 3.8) is 0 Å². The normalized spacial score (nSPS) is 28.0. The van der Waals surface area contributed by atoms with E-state index in [9.17, 15) is 32.9 Å². The van der Waals surface area contributed by atoms with Gasteiger partial charge in [-0.1, -0.05) is 0 Å². The van der Waals surface area contributed by atoms with E-state index in [0.29, 0.717) is 0 Å². The number of ether oxygens (including phenoxy) is 2. The molecule has 0 unspecified atom stereocenters. The highest BCUT2D eigenvalue weighted by atomic mass is 19.4. The van der Waals surface area contributed by atoms with Crippen LogP contribution in [0.3, 0.4) is 0 Å². The average Bonchev–Trinajstić information content (AvgIpc) is 2.93. The number of nitrogens with zero attached hydrogens (tertiary/aromatic N) is 1. The van der Waals surface area contributed by atoms with Crippen LogP contribution in [0.1, 0.15) is 29.6 Å². The molecule has 0 radical (unpaired) electrons. The number of carbonyl (C=O) groups excluding carboxylic acids is 2. The summed E-state index contributed by atoms with van der Waals surface area (Å²) in [5.41, 5.74) is -2.67.